The lowest BCUT2D eigenvalue weighted by Crippen LogP contribution is -1.98. The Morgan fingerprint density at radius 3 is 0.889 bits per heavy atom. The van der Waals surface area contributed by atoms with Gasteiger partial charge in [-0.1, -0.05) is 291 Å². The number of thiophene rings is 1. The standard InChI is InChI=1S/C60H36N2O.C60H36N2S/c2*1-2-15-40(16-3-1)61-52-25-11-8-20-45(52)49-33-37(29-31-54(49)61)38-30-32-55-50(34-38)46-21-9-12-26-53(46)62(55)56-36-39(41-24-14-28-58-60(41)48-23-10-13-27-57(48)63-58)35-51-44-19-5-4-17-42(44)43-18-6-7-22-47(43)59(51)56/h2*1-36H. The molecule has 0 bridgehead atoms. The van der Waals surface area contributed by atoms with Gasteiger partial charge in [-0.25, -0.2) is 0 Å². The van der Waals surface area contributed by atoms with Crippen LogP contribution in [0, 0.1) is 0 Å². The Hall–Kier alpha value is -16.4. The molecule has 22 aromatic carbocycles. The molecule has 0 fully saturated rings. The molecule has 126 heavy (non-hydrogen) atoms. The minimum atomic E-state index is 0.894. The van der Waals surface area contributed by atoms with Crippen LogP contribution in [0.2, 0.25) is 0 Å². The van der Waals surface area contributed by atoms with Crippen LogP contribution in [0.1, 0.15) is 0 Å². The van der Waals surface area contributed by atoms with Crippen molar-refractivity contribution in [2.24, 2.45) is 0 Å². The molecule has 28 rings (SSSR count). The molecule has 6 heteroatoms. The first-order chi connectivity index (χ1) is 62.5. The largest absolute Gasteiger partial charge is 0.456 e. The van der Waals surface area contributed by atoms with Crippen LogP contribution in [0.5, 0.6) is 0 Å². The summed E-state index contributed by atoms with van der Waals surface area (Å²) < 4.78 is 18.9. The van der Waals surface area contributed by atoms with Gasteiger partial charge in [0.15, 0.2) is 0 Å². The van der Waals surface area contributed by atoms with E-state index in [4.69, 9.17) is 4.42 Å². The number of benzene rings is 22. The van der Waals surface area contributed by atoms with Gasteiger partial charge in [0.1, 0.15) is 11.2 Å². The molecule has 0 N–H and O–H groups in total. The van der Waals surface area contributed by atoms with Crippen molar-refractivity contribution < 1.29 is 4.42 Å². The summed E-state index contributed by atoms with van der Waals surface area (Å²) in [6, 6.07) is 161. The molecule has 0 aliphatic carbocycles. The van der Waals surface area contributed by atoms with E-state index in [-0.39, 0.29) is 0 Å². The van der Waals surface area contributed by atoms with Crippen molar-refractivity contribution in [1.82, 2.24) is 18.3 Å². The number of furan rings is 1. The first-order valence-electron chi connectivity index (χ1n) is 43.3. The Morgan fingerprint density at radius 1 is 0.159 bits per heavy atom. The molecule has 6 heterocycles. The van der Waals surface area contributed by atoms with Gasteiger partial charge in [-0.3, -0.25) is 0 Å². The monoisotopic (exact) mass is 1620 g/mol. The van der Waals surface area contributed by atoms with Gasteiger partial charge < -0.3 is 22.7 Å². The lowest BCUT2D eigenvalue weighted by atomic mass is 9.90. The summed E-state index contributed by atoms with van der Waals surface area (Å²) in [4.78, 5) is 0. The van der Waals surface area contributed by atoms with Gasteiger partial charge >= 0.3 is 0 Å². The summed E-state index contributed by atoms with van der Waals surface area (Å²) >= 11 is 1.88. The lowest BCUT2D eigenvalue weighted by molar-refractivity contribution is 0.669. The Labute approximate surface area is 726 Å². The molecular weight excluding hydrogens is 1550 g/mol. The van der Waals surface area contributed by atoms with E-state index in [2.05, 4.69) is 449 Å². The fourth-order valence-corrected chi connectivity index (χ4v) is 22.7. The number of aromatic nitrogens is 4. The Balaban J connectivity index is 0.000000131. The summed E-state index contributed by atoms with van der Waals surface area (Å²) in [5, 5.41) is 29.9. The fourth-order valence-electron chi connectivity index (χ4n) is 21.6. The summed E-state index contributed by atoms with van der Waals surface area (Å²) in [5.74, 6) is 0. The van der Waals surface area contributed by atoms with Crippen LogP contribution in [0.25, 0.3) is 261 Å². The SMILES string of the molecule is c1ccc(-n2c3ccccc3c3cc(-c4ccc5c(c4)c4ccccc4n5-c4cc(-c5cccc6oc7ccccc7c56)cc5c6ccccc6c6ccccc6c45)ccc32)cc1.c1ccc(-n2c3ccccc3c3cc(-c4ccc5c(c4)c4ccccc4n5-c4cc(-c5cccc6sc7ccccc7c56)cc5c6ccccc6c6ccccc6c45)ccc32)cc1. The van der Waals surface area contributed by atoms with E-state index in [9.17, 15) is 0 Å². The molecular formula is C120H72N4OS. The van der Waals surface area contributed by atoms with Crippen LogP contribution in [-0.2, 0) is 0 Å². The summed E-state index contributed by atoms with van der Waals surface area (Å²) in [7, 11) is 0. The zero-order valence-corrected chi connectivity index (χ0v) is 69.0. The van der Waals surface area contributed by atoms with Crippen molar-refractivity contribution in [2.75, 3.05) is 0 Å². The predicted octanol–water partition coefficient (Wildman–Crippen LogP) is 33.6. The van der Waals surface area contributed by atoms with Gasteiger partial charge in [0.25, 0.3) is 0 Å². The van der Waals surface area contributed by atoms with Crippen LogP contribution in [-0.4, -0.2) is 18.3 Å². The Kier molecular flexibility index (Phi) is 15.4. The van der Waals surface area contributed by atoms with Crippen molar-refractivity contribution in [3.8, 4) is 67.3 Å². The number of para-hydroxylation sites is 7. The number of hydrogen-bond donors (Lipinski definition) is 0. The third-order valence-corrected chi connectivity index (χ3v) is 28.1. The van der Waals surface area contributed by atoms with Gasteiger partial charge in [0.05, 0.1) is 55.5 Å². The molecule has 0 aliphatic rings. The smallest absolute Gasteiger partial charge is 0.136 e. The number of nitrogens with zero attached hydrogens (tertiary/aromatic N) is 4. The molecule has 28 aromatic rings. The highest BCUT2D eigenvalue weighted by molar-refractivity contribution is 7.26. The van der Waals surface area contributed by atoms with Gasteiger partial charge in [-0.2, -0.15) is 0 Å². The molecule has 0 saturated heterocycles. The van der Waals surface area contributed by atoms with E-state index < -0.39 is 0 Å². The zero-order valence-electron chi connectivity index (χ0n) is 68.2. The Bertz CT molecular complexity index is 8950. The third kappa shape index (κ3) is 10.5. The molecule has 0 unspecified atom stereocenters. The lowest BCUT2D eigenvalue weighted by Gasteiger charge is -2.19. The van der Waals surface area contributed by atoms with Gasteiger partial charge in [0.2, 0.25) is 0 Å². The number of rotatable bonds is 8. The van der Waals surface area contributed by atoms with Crippen molar-refractivity contribution in [3.63, 3.8) is 0 Å². The fraction of sp³-hybridized carbons (Fsp3) is 0. The summed E-state index contributed by atoms with van der Waals surface area (Å²) in [6.45, 7) is 0. The van der Waals surface area contributed by atoms with Crippen LogP contribution < -0.4 is 0 Å². The molecule has 584 valence electrons. The molecule has 6 aromatic heterocycles. The van der Waals surface area contributed by atoms with Crippen molar-refractivity contribution in [3.05, 3.63) is 437 Å². The minimum absolute atomic E-state index is 0.894. The van der Waals surface area contributed by atoms with Gasteiger partial charge in [0, 0.05) is 96.2 Å². The second-order valence-electron chi connectivity index (χ2n) is 33.6. The molecule has 0 amide bonds. The van der Waals surface area contributed by atoms with E-state index in [1.807, 2.05) is 17.4 Å². The van der Waals surface area contributed by atoms with Crippen molar-refractivity contribution >= 4 is 205 Å². The molecule has 0 saturated carbocycles. The molecule has 0 spiro atoms. The maximum absolute atomic E-state index is 6.46. The topological polar surface area (TPSA) is 32.9 Å². The zero-order chi connectivity index (χ0) is 82.3. The van der Waals surface area contributed by atoms with E-state index in [1.165, 1.54) is 217 Å². The van der Waals surface area contributed by atoms with E-state index in [0.717, 1.165) is 44.4 Å². The molecule has 0 aliphatic heterocycles. The first-order valence-corrected chi connectivity index (χ1v) is 44.2. The van der Waals surface area contributed by atoms with Crippen LogP contribution in [0.15, 0.2) is 441 Å². The maximum Gasteiger partial charge on any atom is 0.136 e. The van der Waals surface area contributed by atoms with Crippen LogP contribution in [0.3, 0.4) is 0 Å². The maximum atomic E-state index is 6.46. The van der Waals surface area contributed by atoms with E-state index >= 15 is 0 Å². The van der Waals surface area contributed by atoms with Crippen LogP contribution >= 0.6 is 11.3 Å². The number of fused-ring (bicyclic) bond motifs is 30. The second-order valence-corrected chi connectivity index (χ2v) is 34.7. The average Bonchev–Trinajstić information content (AvgIpc) is 1.45. The Morgan fingerprint density at radius 2 is 0.452 bits per heavy atom. The highest BCUT2D eigenvalue weighted by Crippen LogP contribution is 2.51. The minimum Gasteiger partial charge on any atom is -0.456 e. The van der Waals surface area contributed by atoms with E-state index in [0.29, 0.717) is 0 Å². The molecule has 0 atom stereocenters. The summed E-state index contributed by atoms with van der Waals surface area (Å²) in [5.41, 5.74) is 25.6. The van der Waals surface area contributed by atoms with E-state index in [1.54, 1.807) is 0 Å². The average molecular weight is 1620 g/mol. The molecule has 5 nitrogen and oxygen atoms in total. The van der Waals surface area contributed by atoms with Crippen molar-refractivity contribution in [2.45, 2.75) is 0 Å². The normalized spacial score (nSPS) is 12.1. The second kappa shape index (κ2) is 27.6. The van der Waals surface area contributed by atoms with Crippen molar-refractivity contribution in [1.29, 1.82) is 0 Å². The quantitative estimate of drug-likeness (QED) is 0.140. The van der Waals surface area contributed by atoms with Gasteiger partial charge in [-0.15, -0.1) is 11.3 Å². The first kappa shape index (κ1) is 70.3. The molecule has 0 radical (unpaired) electrons. The third-order valence-electron chi connectivity index (χ3n) is 26.9. The van der Waals surface area contributed by atoms with Crippen LogP contribution in [0.4, 0.5) is 0 Å². The highest BCUT2D eigenvalue weighted by Gasteiger charge is 2.26. The predicted molar refractivity (Wildman–Crippen MR) is 537 cm³/mol. The van der Waals surface area contributed by atoms with Gasteiger partial charge in [-0.05, 0) is 244 Å². The highest BCUT2D eigenvalue weighted by atomic mass is 32.1. The summed E-state index contributed by atoms with van der Waals surface area (Å²) in [6.07, 6.45) is 0. The number of hydrogen-bond acceptors (Lipinski definition) is 2.